The van der Waals surface area contributed by atoms with Crippen molar-refractivity contribution in [3.05, 3.63) is 62.8 Å². The fourth-order valence-corrected chi connectivity index (χ4v) is 2.42. The molecule has 0 aliphatic rings. The lowest BCUT2D eigenvalue weighted by molar-refractivity contribution is 0.0993. The summed E-state index contributed by atoms with van der Waals surface area (Å²) in [5.41, 5.74) is 7.36. The Hall–Kier alpha value is -1.39. The lowest BCUT2D eigenvalue weighted by atomic mass is 10.0. The van der Waals surface area contributed by atoms with Gasteiger partial charge in [0.25, 0.3) is 0 Å². The van der Waals surface area contributed by atoms with Crippen LogP contribution >= 0.6 is 27.5 Å². The van der Waals surface area contributed by atoms with Crippen LogP contribution in [-0.2, 0) is 6.42 Å². The topological polar surface area (TPSA) is 43.1 Å². The zero-order valence-corrected chi connectivity index (χ0v) is 12.1. The first-order valence-corrected chi connectivity index (χ1v) is 6.66. The van der Waals surface area contributed by atoms with Crippen LogP contribution in [0.5, 0.6) is 0 Å². The van der Waals surface area contributed by atoms with Crippen molar-refractivity contribution in [2.45, 2.75) is 6.42 Å². The van der Waals surface area contributed by atoms with Crippen LogP contribution < -0.4 is 5.73 Å². The molecule has 0 saturated heterocycles. The molecule has 0 aromatic heterocycles. The molecule has 0 aliphatic carbocycles. The molecule has 0 aliphatic heterocycles. The molecule has 0 unspecified atom stereocenters. The van der Waals surface area contributed by atoms with Crippen LogP contribution in [0.25, 0.3) is 0 Å². The third kappa shape index (κ3) is 3.55. The summed E-state index contributed by atoms with van der Waals surface area (Å²) in [5, 5.41) is 0.0130. The number of halogens is 3. The Kier molecular flexibility index (Phi) is 4.22. The van der Waals surface area contributed by atoms with Gasteiger partial charge in [-0.2, -0.15) is 0 Å². The van der Waals surface area contributed by atoms with Crippen molar-refractivity contribution in [1.29, 1.82) is 0 Å². The molecule has 2 aromatic carbocycles. The van der Waals surface area contributed by atoms with E-state index in [4.69, 9.17) is 17.3 Å². The Bertz CT molecular complexity index is 625. The van der Waals surface area contributed by atoms with E-state index in [2.05, 4.69) is 15.9 Å². The third-order valence-electron chi connectivity index (χ3n) is 2.59. The second kappa shape index (κ2) is 5.72. The van der Waals surface area contributed by atoms with Crippen LogP contribution in [-0.4, -0.2) is 5.78 Å². The van der Waals surface area contributed by atoms with E-state index in [9.17, 15) is 9.18 Å². The third-order valence-corrected chi connectivity index (χ3v) is 3.34. The van der Waals surface area contributed by atoms with E-state index in [1.54, 1.807) is 24.3 Å². The maximum Gasteiger partial charge on any atom is 0.167 e. The molecule has 2 N–H and O–H groups in total. The van der Waals surface area contributed by atoms with Crippen molar-refractivity contribution in [2.75, 3.05) is 5.73 Å². The van der Waals surface area contributed by atoms with E-state index in [0.29, 0.717) is 16.8 Å². The molecular weight excluding hydrogens is 333 g/mol. The summed E-state index contributed by atoms with van der Waals surface area (Å²) in [6.07, 6.45) is 0.149. The summed E-state index contributed by atoms with van der Waals surface area (Å²) >= 11 is 8.96. The van der Waals surface area contributed by atoms with Gasteiger partial charge in [-0.05, 0) is 35.9 Å². The van der Waals surface area contributed by atoms with Crippen LogP contribution in [0, 0.1) is 5.82 Å². The van der Waals surface area contributed by atoms with E-state index in [0.717, 1.165) is 4.47 Å². The number of benzene rings is 2. The Morgan fingerprint density at radius 2 is 2.00 bits per heavy atom. The Labute approximate surface area is 123 Å². The number of nitrogens with two attached hydrogens (primary N) is 1. The predicted molar refractivity (Wildman–Crippen MR) is 78.0 cm³/mol. The summed E-state index contributed by atoms with van der Waals surface area (Å²) in [7, 11) is 0. The lowest BCUT2D eigenvalue weighted by Gasteiger charge is -2.05. The van der Waals surface area contributed by atoms with E-state index >= 15 is 0 Å². The van der Waals surface area contributed by atoms with Crippen molar-refractivity contribution in [1.82, 2.24) is 0 Å². The van der Waals surface area contributed by atoms with Gasteiger partial charge < -0.3 is 5.73 Å². The zero-order chi connectivity index (χ0) is 14.0. The monoisotopic (exact) mass is 341 g/mol. The quantitative estimate of drug-likeness (QED) is 0.669. The average Bonchev–Trinajstić information content (AvgIpc) is 2.32. The number of carbonyl (C=O) groups excluding carboxylic acids is 1. The van der Waals surface area contributed by atoms with Crippen molar-refractivity contribution >= 4 is 39.0 Å². The first-order chi connectivity index (χ1) is 8.95. The highest BCUT2D eigenvalue weighted by molar-refractivity contribution is 9.10. The normalized spacial score (nSPS) is 10.5. The second-order valence-corrected chi connectivity index (χ2v) is 5.44. The van der Waals surface area contributed by atoms with Gasteiger partial charge >= 0.3 is 0 Å². The van der Waals surface area contributed by atoms with Crippen LogP contribution in [0.4, 0.5) is 10.1 Å². The highest BCUT2D eigenvalue weighted by atomic mass is 79.9. The maximum atomic E-state index is 13.0. The smallest absolute Gasteiger partial charge is 0.167 e. The Morgan fingerprint density at radius 1 is 1.26 bits per heavy atom. The highest BCUT2D eigenvalue weighted by Crippen LogP contribution is 2.20. The van der Waals surface area contributed by atoms with Crippen LogP contribution in [0.2, 0.25) is 5.02 Å². The average molecular weight is 343 g/mol. The van der Waals surface area contributed by atoms with Crippen LogP contribution in [0.3, 0.4) is 0 Å². The molecule has 0 heterocycles. The van der Waals surface area contributed by atoms with Crippen LogP contribution in [0.1, 0.15) is 15.9 Å². The largest absolute Gasteiger partial charge is 0.399 e. The minimum atomic E-state index is -0.496. The number of ketones is 1. The summed E-state index contributed by atoms with van der Waals surface area (Å²) in [6.45, 7) is 0. The van der Waals surface area contributed by atoms with Crippen molar-refractivity contribution in [2.24, 2.45) is 0 Å². The number of hydrogen-bond donors (Lipinski definition) is 1. The van der Waals surface area contributed by atoms with Gasteiger partial charge in [-0.25, -0.2) is 4.39 Å². The lowest BCUT2D eigenvalue weighted by Crippen LogP contribution is -2.04. The number of anilines is 1. The van der Waals surface area contributed by atoms with E-state index in [-0.39, 0.29) is 17.2 Å². The van der Waals surface area contributed by atoms with Crippen molar-refractivity contribution in [3.63, 3.8) is 0 Å². The minimum absolute atomic E-state index is 0.0130. The summed E-state index contributed by atoms with van der Waals surface area (Å²) in [4.78, 5) is 12.1. The van der Waals surface area contributed by atoms with Crippen molar-refractivity contribution < 1.29 is 9.18 Å². The summed E-state index contributed by atoms with van der Waals surface area (Å²) < 4.78 is 13.8. The van der Waals surface area contributed by atoms with Gasteiger partial charge in [0, 0.05) is 22.1 Å². The van der Waals surface area contributed by atoms with Gasteiger partial charge in [-0.15, -0.1) is 0 Å². The standard InChI is InChI=1S/C14H10BrClFNO/c15-10-5-9(6-11(18)7-10)14(19)4-8-1-2-13(17)12(16)3-8/h1-3,5-7H,4,18H2. The molecule has 2 nitrogen and oxygen atoms in total. The van der Waals surface area contributed by atoms with E-state index in [1.165, 1.54) is 12.1 Å². The molecule has 0 fully saturated rings. The second-order valence-electron chi connectivity index (χ2n) is 4.12. The number of rotatable bonds is 3. The molecule has 19 heavy (non-hydrogen) atoms. The number of carbonyl (C=O) groups is 1. The molecular formula is C14H10BrClFNO. The first-order valence-electron chi connectivity index (χ1n) is 5.49. The van der Waals surface area contributed by atoms with Crippen molar-refractivity contribution in [3.8, 4) is 0 Å². The zero-order valence-electron chi connectivity index (χ0n) is 9.79. The van der Waals surface area contributed by atoms with Gasteiger partial charge in [0.1, 0.15) is 5.82 Å². The highest BCUT2D eigenvalue weighted by Gasteiger charge is 2.10. The molecule has 2 rings (SSSR count). The Balaban J connectivity index is 2.22. The fraction of sp³-hybridized carbons (Fsp3) is 0.0714. The van der Waals surface area contributed by atoms with Gasteiger partial charge in [0.15, 0.2) is 5.78 Å². The number of Topliss-reactive ketones (excluding diaryl/α,β-unsaturated/α-hetero) is 1. The first kappa shape index (κ1) is 14.0. The van der Waals surface area contributed by atoms with Gasteiger partial charge in [-0.3, -0.25) is 4.79 Å². The van der Waals surface area contributed by atoms with Gasteiger partial charge in [-0.1, -0.05) is 33.6 Å². The fourth-order valence-electron chi connectivity index (χ4n) is 1.71. The van der Waals surface area contributed by atoms with E-state index < -0.39 is 5.82 Å². The molecule has 2 aromatic rings. The molecule has 0 saturated carbocycles. The number of hydrogen-bond acceptors (Lipinski definition) is 2. The summed E-state index contributed by atoms with van der Waals surface area (Å²) in [6, 6.07) is 9.27. The van der Waals surface area contributed by atoms with Gasteiger partial charge in [0.2, 0.25) is 0 Å². The SMILES string of the molecule is Nc1cc(Br)cc(C(=O)Cc2ccc(F)c(Cl)c2)c1. The number of nitrogen functional groups attached to an aromatic ring is 1. The molecule has 5 heteroatoms. The van der Waals surface area contributed by atoms with Gasteiger partial charge in [0.05, 0.1) is 5.02 Å². The molecule has 98 valence electrons. The molecule has 0 amide bonds. The van der Waals surface area contributed by atoms with E-state index in [1.807, 2.05) is 0 Å². The molecule has 0 radical (unpaired) electrons. The molecule has 0 atom stereocenters. The molecule has 0 spiro atoms. The minimum Gasteiger partial charge on any atom is -0.399 e. The maximum absolute atomic E-state index is 13.0. The summed E-state index contributed by atoms with van der Waals surface area (Å²) in [5.74, 6) is -0.597. The predicted octanol–water partition coefficient (Wildman–Crippen LogP) is 4.25. The Morgan fingerprint density at radius 3 is 2.63 bits per heavy atom. The van der Waals surface area contributed by atoms with Crippen LogP contribution in [0.15, 0.2) is 40.9 Å². The molecule has 0 bridgehead atoms.